The van der Waals surface area contributed by atoms with Crippen molar-refractivity contribution in [3.8, 4) is 0 Å². The van der Waals surface area contributed by atoms with Crippen molar-refractivity contribution in [1.29, 1.82) is 0 Å². The van der Waals surface area contributed by atoms with Crippen molar-refractivity contribution in [3.63, 3.8) is 0 Å². The normalized spacial score (nSPS) is 10.6. The van der Waals surface area contributed by atoms with E-state index in [-0.39, 0.29) is 84.4 Å². The maximum absolute atomic E-state index is 9.20. The Morgan fingerprint density at radius 3 is 0.875 bits per heavy atom. The van der Waals surface area contributed by atoms with Crippen LogP contribution >= 0.6 is 7.82 Å². The Morgan fingerprint density at radius 1 is 0.812 bits per heavy atom. The van der Waals surface area contributed by atoms with Crippen LogP contribution in [0.25, 0.3) is 0 Å². The molecule has 16 heteroatoms. The number of rotatable bonds is 1. The molecule has 0 saturated heterocycles. The molecule has 0 aromatic heterocycles. The summed E-state index contributed by atoms with van der Waals surface area (Å²) >= 11 is 0. The van der Waals surface area contributed by atoms with Crippen molar-refractivity contribution in [2.75, 3.05) is 0 Å². The molecule has 16 heavy (non-hydrogen) atoms. The summed E-state index contributed by atoms with van der Waals surface area (Å²) in [5, 5.41) is 0. The molecule has 0 aliphatic rings. The van der Waals surface area contributed by atoms with E-state index in [4.69, 9.17) is 19.2 Å². The Hall–Kier alpha value is 2.71. The predicted molar refractivity (Wildman–Crippen MR) is 32.8 cm³/mol. The van der Waals surface area contributed by atoms with E-state index in [0.29, 0.717) is 0 Å². The van der Waals surface area contributed by atoms with E-state index in [1.807, 2.05) is 0 Å². The van der Waals surface area contributed by atoms with E-state index in [9.17, 15) is 25.9 Å². The number of hydrogen-bond donors (Lipinski definition) is 0. The number of phosphoric acid groups is 1. The summed E-state index contributed by atoms with van der Waals surface area (Å²) in [7, 11) is -16.7. The first-order valence-corrected chi connectivity index (χ1v) is 6.69. The second kappa shape index (κ2) is 11.5. The molecule has 0 unspecified atom stereocenters. The van der Waals surface area contributed by atoms with Gasteiger partial charge in [-0.15, -0.1) is 0 Å². The van der Waals surface area contributed by atoms with Crippen molar-refractivity contribution in [2.45, 2.75) is 0 Å². The van der Waals surface area contributed by atoms with Gasteiger partial charge in [0, 0.05) is 0 Å². The van der Waals surface area contributed by atoms with Crippen LogP contribution in [0.1, 0.15) is 0 Å². The summed E-state index contributed by atoms with van der Waals surface area (Å²) in [5.41, 5.74) is 0. The quantitative estimate of drug-likeness (QED) is 0.181. The van der Waals surface area contributed by atoms with Gasteiger partial charge in [-0.3, -0.25) is 0 Å². The fourth-order valence-corrected chi connectivity index (χ4v) is 0. The van der Waals surface area contributed by atoms with Crippen LogP contribution in [0.5, 0.6) is 0 Å². The van der Waals surface area contributed by atoms with Gasteiger partial charge in [-0.25, -0.2) is 16.8 Å². The first-order valence-electron chi connectivity index (χ1n) is 1.90. The molecular formula is CaCuNaO10PS2. The molecule has 0 spiro atoms. The van der Waals surface area contributed by atoms with Gasteiger partial charge >= 0.3 is 84.4 Å². The van der Waals surface area contributed by atoms with Gasteiger partial charge in [-0.1, -0.05) is 0 Å². The van der Waals surface area contributed by atoms with Gasteiger partial charge in [0.05, 0.1) is 0 Å². The maximum Gasteiger partial charge on any atom is 2.00 e. The van der Waals surface area contributed by atoms with Gasteiger partial charge < -0.3 is 28.4 Å². The molecule has 10 nitrogen and oxygen atoms in total. The minimum absolute atomic E-state index is 0. The van der Waals surface area contributed by atoms with Crippen LogP contribution in [0, 0.1) is 0 Å². The predicted octanol–water partition coefficient (Wildman–Crippen LogP) is -8.21. The molecule has 0 atom stereocenters. The van der Waals surface area contributed by atoms with E-state index in [2.05, 4.69) is 0 Å². The molecule has 0 rings (SSSR count). The molecule has 0 amide bonds. The summed E-state index contributed by atoms with van der Waals surface area (Å²) in [6, 6.07) is 0. The van der Waals surface area contributed by atoms with E-state index >= 15 is 0 Å². The van der Waals surface area contributed by atoms with E-state index in [1.165, 1.54) is 0 Å². The van der Waals surface area contributed by atoms with Crippen LogP contribution in [-0.4, -0.2) is 63.7 Å². The van der Waals surface area contributed by atoms with Gasteiger partial charge in [0.15, 0.2) is 18.3 Å². The monoisotopic (exact) mass is 381 g/mol. The summed E-state index contributed by atoms with van der Waals surface area (Å²) in [4.78, 5) is 25.6. The van der Waals surface area contributed by atoms with Crippen LogP contribution in [0.4, 0.5) is 0 Å². The van der Waals surface area contributed by atoms with Gasteiger partial charge in [0.25, 0.3) is 0 Å². The molecule has 0 N–H and O–H groups in total. The molecule has 0 fully saturated rings. The van der Waals surface area contributed by atoms with Gasteiger partial charge in [0.2, 0.25) is 0 Å². The van der Waals surface area contributed by atoms with Crippen LogP contribution in [0.15, 0.2) is 0 Å². The molecular weight excluding hydrogens is 382 g/mol. The molecule has 0 heterocycles. The molecule has 1 radical (unpaired) electrons. The Labute approximate surface area is 153 Å². The standard InChI is InChI=1S/Ca.Cu.Na.H2O6S2.H3O4P/c;;;1-7(2,3)8(4,5)6;1-5(2,3)4/h;;;(H,1,2,3)(H,4,5,6);(H3,1,2,3,4)/q2*+2;+1;;/p-5. The molecule has 0 aromatic rings. The van der Waals surface area contributed by atoms with Crippen molar-refractivity contribution < 1.29 is 91.8 Å². The van der Waals surface area contributed by atoms with E-state index in [0.717, 1.165) is 0 Å². The zero-order chi connectivity index (χ0) is 11.5. The fourth-order valence-electron chi connectivity index (χ4n) is 0. The Morgan fingerprint density at radius 2 is 0.875 bits per heavy atom. The van der Waals surface area contributed by atoms with Crippen molar-refractivity contribution in [2.24, 2.45) is 0 Å². The summed E-state index contributed by atoms with van der Waals surface area (Å²) < 4.78 is 63.7. The SMILES string of the molecule is O=P([O-])([O-])[O-].O=S(=O)([O-])S(=O)(=O)[O-].[Ca+2].[Cu+2].[Na+]. The fraction of sp³-hybridized carbons (Fsp3) is 0. The van der Waals surface area contributed by atoms with Crippen LogP contribution in [0.3, 0.4) is 0 Å². The molecule has 0 aliphatic carbocycles. The summed E-state index contributed by atoms with van der Waals surface area (Å²) in [6.07, 6.45) is 0. The molecule has 91 valence electrons. The minimum Gasteiger partial charge on any atom is -0.822 e. The van der Waals surface area contributed by atoms with Crippen LogP contribution in [-0.2, 0) is 39.9 Å². The van der Waals surface area contributed by atoms with Crippen molar-refractivity contribution in [3.05, 3.63) is 0 Å². The molecule has 0 bridgehead atoms. The van der Waals surface area contributed by atoms with E-state index < -0.39 is 26.1 Å². The summed E-state index contributed by atoms with van der Waals surface area (Å²) in [6.45, 7) is 0. The number of hydrogen-bond acceptors (Lipinski definition) is 10. The Kier molecular flexibility index (Phi) is 22.5. The van der Waals surface area contributed by atoms with Gasteiger partial charge in [0.1, 0.15) is 0 Å². The summed E-state index contributed by atoms with van der Waals surface area (Å²) in [5.74, 6) is 0. The van der Waals surface area contributed by atoms with Gasteiger partial charge in [-0.05, 0) is 0 Å². The first-order chi connectivity index (χ1) is 5.25. The third-order valence-electron chi connectivity index (χ3n) is 0.250. The second-order valence-electron chi connectivity index (χ2n) is 1.26. The van der Waals surface area contributed by atoms with Crippen LogP contribution < -0.4 is 44.2 Å². The first kappa shape index (κ1) is 31.2. The maximum atomic E-state index is 9.20. The zero-order valence-electron chi connectivity index (χ0n) is 7.35. The van der Waals surface area contributed by atoms with Crippen molar-refractivity contribution in [1.82, 2.24) is 0 Å². The smallest absolute Gasteiger partial charge is 0.822 e. The molecule has 0 aliphatic heterocycles. The third-order valence-corrected chi connectivity index (χ3v) is 2.25. The average molecular weight is 382 g/mol. The zero-order valence-corrected chi connectivity index (χ0v) is 15.0. The largest absolute Gasteiger partial charge is 2.00 e. The minimum atomic E-state index is -5.67. The Bertz CT molecular complexity index is 352. The molecule has 0 saturated carbocycles. The second-order valence-corrected chi connectivity index (χ2v) is 6.24. The van der Waals surface area contributed by atoms with E-state index in [1.54, 1.807) is 0 Å². The third kappa shape index (κ3) is 30.1. The van der Waals surface area contributed by atoms with Crippen molar-refractivity contribution >= 4 is 63.9 Å². The van der Waals surface area contributed by atoms with Crippen LogP contribution in [0.2, 0.25) is 0 Å². The van der Waals surface area contributed by atoms with Gasteiger partial charge in [-0.2, -0.15) is 7.82 Å². The Balaban J connectivity index is -0.0000000454. The topological polar surface area (TPSA) is 201 Å². The average Bonchev–Trinajstić information content (AvgIpc) is 1.50. The molecule has 0 aromatic carbocycles.